The van der Waals surface area contributed by atoms with E-state index in [0.29, 0.717) is 6.04 Å². The minimum atomic E-state index is 0.300. The highest BCUT2D eigenvalue weighted by molar-refractivity contribution is 5.02. The fourth-order valence-corrected chi connectivity index (χ4v) is 3.22. The van der Waals surface area contributed by atoms with Crippen LogP contribution >= 0.6 is 0 Å². The first-order chi connectivity index (χ1) is 9.66. The molecule has 0 amide bonds. The summed E-state index contributed by atoms with van der Waals surface area (Å²) in [5.41, 5.74) is 0. The van der Waals surface area contributed by atoms with Gasteiger partial charge in [-0.15, -0.1) is 0 Å². The van der Waals surface area contributed by atoms with Gasteiger partial charge < -0.3 is 9.73 Å². The van der Waals surface area contributed by atoms with Gasteiger partial charge in [0.15, 0.2) is 0 Å². The number of nitrogens with zero attached hydrogens (tertiary/aromatic N) is 1. The zero-order chi connectivity index (χ0) is 14.4. The Kier molecular flexibility index (Phi) is 6.11. The van der Waals surface area contributed by atoms with Crippen molar-refractivity contribution in [2.45, 2.75) is 58.5 Å². The molecule has 1 saturated carbocycles. The Hall–Kier alpha value is -0.800. The summed E-state index contributed by atoms with van der Waals surface area (Å²) in [5.74, 6) is 1.78. The minimum Gasteiger partial charge on any atom is -0.468 e. The summed E-state index contributed by atoms with van der Waals surface area (Å²) in [6.45, 7) is 10.2. The van der Waals surface area contributed by atoms with Crippen LogP contribution in [-0.4, -0.2) is 30.6 Å². The SMILES string of the molecule is CC(C)CN(CCNC(C)c1ccco1)C1CCCC1. The zero-order valence-corrected chi connectivity index (χ0v) is 13.3. The van der Waals surface area contributed by atoms with Gasteiger partial charge in [-0.3, -0.25) is 4.90 Å². The van der Waals surface area contributed by atoms with Gasteiger partial charge in [0.05, 0.1) is 12.3 Å². The molecule has 1 N–H and O–H groups in total. The smallest absolute Gasteiger partial charge is 0.120 e. The Labute approximate surface area is 123 Å². The molecule has 3 heteroatoms. The zero-order valence-electron chi connectivity index (χ0n) is 13.3. The normalized spacial score (nSPS) is 18.2. The van der Waals surface area contributed by atoms with Crippen molar-refractivity contribution in [3.8, 4) is 0 Å². The van der Waals surface area contributed by atoms with E-state index in [9.17, 15) is 0 Å². The van der Waals surface area contributed by atoms with Gasteiger partial charge >= 0.3 is 0 Å². The van der Waals surface area contributed by atoms with Crippen LogP contribution in [0.1, 0.15) is 58.3 Å². The molecule has 1 heterocycles. The van der Waals surface area contributed by atoms with E-state index >= 15 is 0 Å². The van der Waals surface area contributed by atoms with E-state index in [0.717, 1.165) is 30.8 Å². The number of nitrogens with one attached hydrogen (secondary N) is 1. The molecule has 114 valence electrons. The molecular weight excluding hydrogens is 248 g/mol. The molecule has 20 heavy (non-hydrogen) atoms. The van der Waals surface area contributed by atoms with Crippen LogP contribution < -0.4 is 5.32 Å². The van der Waals surface area contributed by atoms with Gasteiger partial charge in [-0.2, -0.15) is 0 Å². The van der Waals surface area contributed by atoms with Gasteiger partial charge in [-0.1, -0.05) is 26.7 Å². The molecule has 0 aromatic carbocycles. The van der Waals surface area contributed by atoms with Crippen LogP contribution in [0, 0.1) is 5.92 Å². The third kappa shape index (κ3) is 4.64. The monoisotopic (exact) mass is 278 g/mol. The van der Waals surface area contributed by atoms with Gasteiger partial charge in [-0.25, -0.2) is 0 Å². The molecule has 0 bridgehead atoms. The van der Waals surface area contributed by atoms with E-state index in [4.69, 9.17) is 4.42 Å². The van der Waals surface area contributed by atoms with Crippen molar-refractivity contribution in [2.24, 2.45) is 5.92 Å². The number of rotatable bonds is 8. The van der Waals surface area contributed by atoms with Gasteiger partial charge in [0.1, 0.15) is 5.76 Å². The lowest BCUT2D eigenvalue weighted by molar-refractivity contribution is 0.175. The van der Waals surface area contributed by atoms with Gasteiger partial charge in [-0.05, 0) is 37.8 Å². The van der Waals surface area contributed by atoms with Crippen molar-refractivity contribution in [3.05, 3.63) is 24.2 Å². The van der Waals surface area contributed by atoms with Crippen LogP contribution in [0.4, 0.5) is 0 Å². The topological polar surface area (TPSA) is 28.4 Å². The maximum atomic E-state index is 5.44. The summed E-state index contributed by atoms with van der Waals surface area (Å²) in [6.07, 6.45) is 7.35. The predicted molar refractivity (Wildman–Crippen MR) is 83.8 cm³/mol. The Morgan fingerprint density at radius 2 is 2.05 bits per heavy atom. The highest BCUT2D eigenvalue weighted by Crippen LogP contribution is 2.24. The van der Waals surface area contributed by atoms with Gasteiger partial charge in [0.25, 0.3) is 0 Å². The van der Waals surface area contributed by atoms with Crippen molar-refractivity contribution in [1.82, 2.24) is 10.2 Å². The molecular formula is C17H30N2O. The predicted octanol–water partition coefficient (Wildman–Crippen LogP) is 3.83. The number of furan rings is 1. The molecule has 1 aliphatic carbocycles. The average molecular weight is 278 g/mol. The highest BCUT2D eigenvalue weighted by atomic mass is 16.3. The van der Waals surface area contributed by atoms with Gasteiger partial charge in [0.2, 0.25) is 0 Å². The lowest BCUT2D eigenvalue weighted by Gasteiger charge is -2.30. The molecule has 0 aliphatic heterocycles. The quantitative estimate of drug-likeness (QED) is 0.783. The second-order valence-corrected chi connectivity index (χ2v) is 6.52. The lowest BCUT2D eigenvalue weighted by atomic mass is 10.1. The largest absolute Gasteiger partial charge is 0.468 e. The van der Waals surface area contributed by atoms with Crippen molar-refractivity contribution in [3.63, 3.8) is 0 Å². The summed E-state index contributed by atoms with van der Waals surface area (Å²) >= 11 is 0. The fraction of sp³-hybridized carbons (Fsp3) is 0.765. The van der Waals surface area contributed by atoms with E-state index in [2.05, 4.69) is 31.0 Å². The molecule has 1 unspecified atom stereocenters. The lowest BCUT2D eigenvalue weighted by Crippen LogP contribution is -2.41. The second-order valence-electron chi connectivity index (χ2n) is 6.52. The second kappa shape index (κ2) is 7.84. The Morgan fingerprint density at radius 3 is 2.65 bits per heavy atom. The first-order valence-electron chi connectivity index (χ1n) is 8.17. The standard InChI is InChI=1S/C17H30N2O/c1-14(2)13-19(16-7-4-5-8-16)11-10-18-15(3)17-9-6-12-20-17/h6,9,12,14-16,18H,4-5,7-8,10-11,13H2,1-3H3. The van der Waals surface area contributed by atoms with Crippen molar-refractivity contribution < 1.29 is 4.42 Å². The minimum absolute atomic E-state index is 0.300. The maximum Gasteiger partial charge on any atom is 0.120 e. The number of hydrogen-bond donors (Lipinski definition) is 1. The molecule has 1 aromatic rings. The molecule has 1 fully saturated rings. The Balaban J connectivity index is 1.76. The van der Waals surface area contributed by atoms with E-state index in [-0.39, 0.29) is 0 Å². The van der Waals surface area contributed by atoms with Crippen LogP contribution in [0.2, 0.25) is 0 Å². The summed E-state index contributed by atoms with van der Waals surface area (Å²) in [4.78, 5) is 2.69. The van der Waals surface area contributed by atoms with Crippen LogP contribution in [0.5, 0.6) is 0 Å². The van der Waals surface area contributed by atoms with Crippen LogP contribution in [0.25, 0.3) is 0 Å². The van der Waals surface area contributed by atoms with Crippen molar-refractivity contribution >= 4 is 0 Å². The van der Waals surface area contributed by atoms with Crippen molar-refractivity contribution in [2.75, 3.05) is 19.6 Å². The van der Waals surface area contributed by atoms with E-state index in [1.54, 1.807) is 6.26 Å². The van der Waals surface area contributed by atoms with Gasteiger partial charge in [0, 0.05) is 25.7 Å². The summed E-state index contributed by atoms with van der Waals surface area (Å²) in [6, 6.07) is 5.12. The maximum absolute atomic E-state index is 5.44. The number of hydrogen-bond acceptors (Lipinski definition) is 3. The molecule has 0 spiro atoms. The summed E-state index contributed by atoms with van der Waals surface area (Å²) in [7, 11) is 0. The van der Waals surface area contributed by atoms with Crippen LogP contribution in [0.15, 0.2) is 22.8 Å². The molecule has 3 nitrogen and oxygen atoms in total. The molecule has 0 saturated heterocycles. The molecule has 1 atom stereocenters. The summed E-state index contributed by atoms with van der Waals surface area (Å²) in [5, 5.41) is 3.58. The third-order valence-electron chi connectivity index (χ3n) is 4.26. The average Bonchev–Trinajstić information content (AvgIpc) is 3.10. The van der Waals surface area contributed by atoms with Crippen LogP contribution in [0.3, 0.4) is 0 Å². The van der Waals surface area contributed by atoms with Crippen LogP contribution in [-0.2, 0) is 0 Å². The Bertz CT molecular complexity index is 355. The van der Waals surface area contributed by atoms with E-state index in [1.807, 2.05) is 12.1 Å². The molecule has 1 aromatic heterocycles. The highest BCUT2D eigenvalue weighted by Gasteiger charge is 2.22. The first-order valence-corrected chi connectivity index (χ1v) is 8.17. The first kappa shape index (κ1) is 15.6. The van der Waals surface area contributed by atoms with E-state index < -0.39 is 0 Å². The van der Waals surface area contributed by atoms with Crippen molar-refractivity contribution in [1.29, 1.82) is 0 Å². The molecule has 2 rings (SSSR count). The van der Waals surface area contributed by atoms with E-state index in [1.165, 1.54) is 32.2 Å². The molecule has 0 radical (unpaired) electrons. The summed E-state index contributed by atoms with van der Waals surface area (Å²) < 4.78 is 5.44. The Morgan fingerprint density at radius 1 is 1.30 bits per heavy atom. The fourth-order valence-electron chi connectivity index (χ4n) is 3.22. The molecule has 1 aliphatic rings. The third-order valence-corrected chi connectivity index (χ3v) is 4.26.